The van der Waals surface area contributed by atoms with Crippen LogP contribution in [0.3, 0.4) is 0 Å². The van der Waals surface area contributed by atoms with Crippen molar-refractivity contribution in [2.45, 2.75) is 109 Å². The summed E-state index contributed by atoms with van der Waals surface area (Å²) in [5.41, 5.74) is 0. The summed E-state index contributed by atoms with van der Waals surface area (Å²) < 4.78 is 0. The summed E-state index contributed by atoms with van der Waals surface area (Å²) in [5.74, 6) is -0.954. The molecule has 1 N–H and O–H groups in total. The van der Waals surface area contributed by atoms with E-state index in [4.69, 9.17) is 0 Å². The minimum atomic E-state index is -0.954. The Hall–Kier alpha value is 0.0274. The molecule has 0 aromatic carbocycles. The van der Waals surface area contributed by atoms with E-state index in [1.807, 2.05) is 0 Å². The molecule has 0 bridgehead atoms. The molecule has 0 fully saturated rings. The predicted octanol–water partition coefficient (Wildman–Crippen LogP) is 0.973. The molecule has 1 unspecified atom stereocenters. The van der Waals surface area contributed by atoms with Crippen molar-refractivity contribution in [2.24, 2.45) is 0 Å². The van der Waals surface area contributed by atoms with Crippen LogP contribution < -0.4 is 24.0 Å². The van der Waals surface area contributed by atoms with E-state index in [1.165, 1.54) is 44.9 Å². The maximum Gasteiger partial charge on any atom is 1.00 e. The van der Waals surface area contributed by atoms with Crippen molar-refractivity contribution in [1.82, 2.24) is 0 Å². The quantitative estimate of drug-likeness (QED) is 0.341. The van der Waals surface area contributed by atoms with Crippen LogP contribution in [0.25, 0.3) is 0 Å². The Kier molecular flexibility index (Phi) is 21.1. The number of carbonyl (C=O) groups is 1. The fraction of sp³-hybridized carbons (Fsp3) is 0.944. The van der Waals surface area contributed by atoms with E-state index in [0.29, 0.717) is 6.42 Å². The van der Waals surface area contributed by atoms with Crippen LogP contribution in [0.15, 0.2) is 0 Å². The second-order valence-electron chi connectivity index (χ2n) is 6.24. The molecule has 0 aromatic heterocycles. The number of hydrogen-bond acceptors (Lipinski definition) is 3. The number of carboxylic acids is 1. The maximum atomic E-state index is 10.2. The molecule has 0 radical (unpaired) electrons. The van der Waals surface area contributed by atoms with E-state index < -0.39 is 5.97 Å². The van der Waals surface area contributed by atoms with E-state index in [2.05, 4.69) is 6.92 Å². The third-order valence-corrected chi connectivity index (χ3v) is 4.06. The van der Waals surface area contributed by atoms with Gasteiger partial charge in [-0.3, -0.25) is 0 Å². The van der Waals surface area contributed by atoms with Crippen LogP contribution in [-0.2, 0) is 4.79 Å². The molecule has 0 aliphatic heterocycles. The topological polar surface area (TPSA) is 60.4 Å². The molecule has 1 atom stereocenters. The fourth-order valence-corrected chi connectivity index (χ4v) is 2.66. The van der Waals surface area contributed by atoms with Crippen LogP contribution in [0.1, 0.15) is 103 Å². The first-order chi connectivity index (χ1) is 10.2. The number of aliphatic carboxylic acids is 1. The van der Waals surface area contributed by atoms with Crippen molar-refractivity contribution in [3.63, 3.8) is 0 Å². The second kappa shape index (κ2) is 19.1. The molecular weight excluding hydrogens is 271 g/mol. The molecule has 0 spiro atoms. The van der Waals surface area contributed by atoms with Gasteiger partial charge in [-0.2, -0.15) is 0 Å². The Labute approximate surface area is 149 Å². The second-order valence-corrected chi connectivity index (χ2v) is 6.24. The smallest absolute Gasteiger partial charge is 0.550 e. The number of unbranched alkanes of at least 4 members (excludes halogenated alkanes) is 10. The Balaban J connectivity index is 0. The summed E-state index contributed by atoms with van der Waals surface area (Å²) in [7, 11) is 0. The Morgan fingerprint density at radius 3 is 1.68 bits per heavy atom. The van der Waals surface area contributed by atoms with Crippen LogP contribution in [0.2, 0.25) is 0 Å². The van der Waals surface area contributed by atoms with Crippen LogP contribution >= 0.6 is 0 Å². The third kappa shape index (κ3) is 20.0. The zero-order chi connectivity index (χ0) is 15.8. The van der Waals surface area contributed by atoms with Gasteiger partial charge in [-0.15, -0.1) is 0 Å². The van der Waals surface area contributed by atoms with Gasteiger partial charge in [0, 0.05) is 5.97 Å². The average Bonchev–Trinajstić information content (AvgIpc) is 2.45. The molecule has 0 aliphatic rings. The first-order valence-electron chi connectivity index (χ1n) is 9.04. The van der Waals surface area contributed by atoms with Gasteiger partial charge in [-0.05, 0) is 25.7 Å². The Morgan fingerprint density at radius 1 is 0.818 bits per heavy atom. The molecule has 22 heavy (non-hydrogen) atoms. The van der Waals surface area contributed by atoms with E-state index in [0.717, 1.165) is 38.5 Å². The zero-order valence-corrected chi connectivity index (χ0v) is 14.9. The molecule has 0 heterocycles. The number of rotatable bonds is 16. The first-order valence-corrected chi connectivity index (χ1v) is 9.04. The van der Waals surface area contributed by atoms with Crippen molar-refractivity contribution >= 4 is 5.97 Å². The summed E-state index contributed by atoms with van der Waals surface area (Å²) in [6, 6.07) is 0. The normalized spacial score (nSPS) is 11.9. The number of aliphatic hydroxyl groups is 1. The minimum absolute atomic E-state index is 0. The van der Waals surface area contributed by atoms with E-state index >= 15 is 0 Å². The number of aliphatic hydroxyl groups excluding tert-OH is 1. The van der Waals surface area contributed by atoms with Gasteiger partial charge in [-0.25, -0.2) is 0 Å². The average molecular weight is 306 g/mol. The molecule has 0 rings (SSSR count). The van der Waals surface area contributed by atoms with Gasteiger partial charge in [0.1, 0.15) is 0 Å². The summed E-state index contributed by atoms with van der Waals surface area (Å²) in [6.45, 7) is 2.24. The number of hydrogen-bond donors (Lipinski definition) is 1. The Bertz CT molecular complexity index is 234. The minimum Gasteiger partial charge on any atom is -0.550 e. The van der Waals surface area contributed by atoms with Gasteiger partial charge in [0.15, 0.2) is 0 Å². The third-order valence-electron chi connectivity index (χ3n) is 4.06. The molecule has 0 saturated carbocycles. The first kappa shape index (κ1) is 24.3. The maximum absolute atomic E-state index is 10.2. The summed E-state index contributed by atoms with van der Waals surface area (Å²) in [4.78, 5) is 10.2. The van der Waals surface area contributed by atoms with Crippen LogP contribution in [0.4, 0.5) is 0 Å². The largest absolute Gasteiger partial charge is 1.00 e. The van der Waals surface area contributed by atoms with Crippen LogP contribution in [-0.4, -0.2) is 17.2 Å². The van der Waals surface area contributed by atoms with Gasteiger partial charge in [0.2, 0.25) is 0 Å². The predicted molar refractivity (Wildman–Crippen MR) is 85.9 cm³/mol. The van der Waals surface area contributed by atoms with Gasteiger partial charge < -0.3 is 15.0 Å². The molecule has 0 amide bonds. The molecular formula is C18H35LiO3. The zero-order valence-electron chi connectivity index (χ0n) is 14.9. The molecule has 0 saturated heterocycles. The molecule has 3 nitrogen and oxygen atoms in total. The molecule has 0 aliphatic carbocycles. The molecule has 0 aromatic rings. The van der Waals surface area contributed by atoms with Gasteiger partial charge in [0.25, 0.3) is 0 Å². The standard InChI is InChI=1S/C18H36O3.Li/c1-2-3-4-5-6-7-8-11-14-17(19)15-12-9-10-13-16-18(20)21;/h17,19H,2-16H2,1H3,(H,20,21);/q;+1/p-1. The van der Waals surface area contributed by atoms with Crippen LogP contribution in [0.5, 0.6) is 0 Å². The SMILES string of the molecule is CCCCCCCCCCC(O)CCCCCCC(=O)[O-].[Li+]. The van der Waals surface area contributed by atoms with Crippen molar-refractivity contribution in [1.29, 1.82) is 0 Å². The van der Waals surface area contributed by atoms with Gasteiger partial charge in [0.05, 0.1) is 6.10 Å². The molecule has 4 heteroatoms. The van der Waals surface area contributed by atoms with E-state index in [9.17, 15) is 15.0 Å². The summed E-state index contributed by atoms with van der Waals surface area (Å²) >= 11 is 0. The number of carbonyl (C=O) groups excluding carboxylic acids is 1. The van der Waals surface area contributed by atoms with Gasteiger partial charge >= 0.3 is 18.9 Å². The Morgan fingerprint density at radius 2 is 1.23 bits per heavy atom. The van der Waals surface area contributed by atoms with Crippen molar-refractivity contribution in [3.8, 4) is 0 Å². The van der Waals surface area contributed by atoms with Crippen molar-refractivity contribution in [2.75, 3.05) is 0 Å². The van der Waals surface area contributed by atoms with E-state index in [-0.39, 0.29) is 31.4 Å². The van der Waals surface area contributed by atoms with E-state index in [1.54, 1.807) is 0 Å². The number of carboxylic acid groups (broad SMARTS) is 1. The van der Waals surface area contributed by atoms with Crippen LogP contribution in [0, 0.1) is 0 Å². The summed E-state index contributed by atoms with van der Waals surface area (Å²) in [6.07, 6.45) is 15.9. The summed E-state index contributed by atoms with van der Waals surface area (Å²) in [5, 5.41) is 20.1. The van der Waals surface area contributed by atoms with Gasteiger partial charge in [-0.1, -0.05) is 77.6 Å². The monoisotopic (exact) mass is 306 g/mol. The van der Waals surface area contributed by atoms with Crippen molar-refractivity contribution in [3.05, 3.63) is 0 Å². The van der Waals surface area contributed by atoms with Crippen molar-refractivity contribution < 1.29 is 33.9 Å². The molecule has 126 valence electrons. The fourth-order valence-electron chi connectivity index (χ4n) is 2.66.